The number of amides is 1. The number of hydrogen-bond donors (Lipinski definition) is 1. The van der Waals surface area contributed by atoms with Gasteiger partial charge in [-0.1, -0.05) is 51.4 Å². The van der Waals surface area contributed by atoms with Crippen molar-refractivity contribution in [1.82, 2.24) is 9.59 Å². The fraction of sp³-hybridized carbons (Fsp3) is 0. The van der Waals surface area contributed by atoms with Crippen molar-refractivity contribution < 1.29 is 4.79 Å². The number of aromatic nitrogens is 2. The third kappa shape index (κ3) is 3.82. The van der Waals surface area contributed by atoms with Gasteiger partial charge in [0.1, 0.15) is 10.6 Å². The first-order valence-corrected chi connectivity index (χ1v) is 8.29. The summed E-state index contributed by atoms with van der Waals surface area (Å²) in [4.78, 5) is 12.9. The molecule has 0 atom stereocenters. The largest absolute Gasteiger partial charge is 0.321 e. The van der Waals surface area contributed by atoms with Crippen LogP contribution in [-0.2, 0) is 0 Å². The minimum atomic E-state index is -0.330. The Morgan fingerprint density at radius 3 is 2.26 bits per heavy atom. The summed E-state index contributed by atoms with van der Waals surface area (Å²) in [6.07, 6.45) is 0. The minimum Gasteiger partial charge on any atom is -0.321 e. The van der Waals surface area contributed by atoms with Crippen LogP contribution in [0.4, 0.5) is 5.69 Å². The molecule has 1 amide bonds. The van der Waals surface area contributed by atoms with Crippen molar-refractivity contribution in [2.45, 2.75) is 0 Å². The number of carbonyl (C=O) groups excluding carboxylic acids is 1. The smallest absolute Gasteiger partial charge is 0.269 e. The van der Waals surface area contributed by atoms with Crippen molar-refractivity contribution in [3.8, 4) is 11.3 Å². The molecule has 1 heterocycles. The molecule has 0 fully saturated rings. The molecule has 0 saturated carbocycles. The average molecular weight is 385 g/mol. The van der Waals surface area contributed by atoms with E-state index in [0.717, 1.165) is 17.1 Å². The Morgan fingerprint density at radius 1 is 0.957 bits per heavy atom. The van der Waals surface area contributed by atoms with Crippen molar-refractivity contribution in [3.05, 3.63) is 62.4 Å². The van der Waals surface area contributed by atoms with Gasteiger partial charge in [-0.25, -0.2) is 0 Å². The average Bonchev–Trinajstić information content (AvgIpc) is 2.96. The SMILES string of the molecule is O=C(Nc1cc(Cl)cc(Cl)c1)c1snnc1-c1ccc(Cl)cc1. The van der Waals surface area contributed by atoms with E-state index in [9.17, 15) is 4.79 Å². The highest BCUT2D eigenvalue weighted by atomic mass is 35.5. The van der Waals surface area contributed by atoms with Crippen LogP contribution in [0.25, 0.3) is 11.3 Å². The molecule has 23 heavy (non-hydrogen) atoms. The normalized spacial score (nSPS) is 10.6. The molecule has 0 bridgehead atoms. The first-order chi connectivity index (χ1) is 11.0. The maximum atomic E-state index is 12.5. The Balaban J connectivity index is 1.89. The summed E-state index contributed by atoms with van der Waals surface area (Å²) in [5, 5.41) is 8.25. The number of anilines is 1. The third-order valence-electron chi connectivity index (χ3n) is 2.93. The molecular formula is C15H8Cl3N3OS. The summed E-state index contributed by atoms with van der Waals surface area (Å²) in [5.74, 6) is -0.330. The van der Waals surface area contributed by atoms with Gasteiger partial charge in [0.05, 0.1) is 0 Å². The molecule has 8 heteroatoms. The quantitative estimate of drug-likeness (QED) is 0.656. The molecule has 0 unspecified atom stereocenters. The summed E-state index contributed by atoms with van der Waals surface area (Å²) < 4.78 is 3.86. The second kappa shape index (κ2) is 6.84. The zero-order valence-corrected chi connectivity index (χ0v) is 14.5. The van der Waals surface area contributed by atoms with Crippen LogP contribution in [-0.4, -0.2) is 15.5 Å². The van der Waals surface area contributed by atoms with Crippen molar-refractivity contribution in [3.63, 3.8) is 0 Å². The highest BCUT2D eigenvalue weighted by Crippen LogP contribution is 2.27. The van der Waals surface area contributed by atoms with Gasteiger partial charge in [0.2, 0.25) is 0 Å². The Kier molecular flexibility index (Phi) is 4.82. The van der Waals surface area contributed by atoms with E-state index in [1.54, 1.807) is 42.5 Å². The molecule has 2 aromatic carbocycles. The van der Waals surface area contributed by atoms with Gasteiger partial charge >= 0.3 is 0 Å². The lowest BCUT2D eigenvalue weighted by atomic mass is 10.1. The Labute approximate surface area is 151 Å². The zero-order valence-electron chi connectivity index (χ0n) is 11.4. The lowest BCUT2D eigenvalue weighted by Crippen LogP contribution is -2.11. The highest BCUT2D eigenvalue weighted by Gasteiger charge is 2.18. The van der Waals surface area contributed by atoms with Gasteiger partial charge in [-0.2, -0.15) is 0 Å². The summed E-state index contributed by atoms with van der Waals surface area (Å²) in [6, 6.07) is 11.8. The van der Waals surface area contributed by atoms with Crippen LogP contribution < -0.4 is 5.32 Å². The monoisotopic (exact) mass is 383 g/mol. The molecule has 0 radical (unpaired) electrons. The summed E-state index contributed by atoms with van der Waals surface area (Å²) >= 11 is 18.7. The molecular weight excluding hydrogens is 377 g/mol. The van der Waals surface area contributed by atoms with Crippen LogP contribution in [0.15, 0.2) is 42.5 Å². The van der Waals surface area contributed by atoms with Crippen LogP contribution in [0.5, 0.6) is 0 Å². The second-order valence-electron chi connectivity index (χ2n) is 4.57. The van der Waals surface area contributed by atoms with Crippen LogP contribution >= 0.6 is 46.3 Å². The van der Waals surface area contributed by atoms with E-state index in [-0.39, 0.29) is 5.91 Å². The summed E-state index contributed by atoms with van der Waals surface area (Å²) in [5.41, 5.74) is 1.76. The summed E-state index contributed by atoms with van der Waals surface area (Å²) in [7, 11) is 0. The highest BCUT2D eigenvalue weighted by molar-refractivity contribution is 7.08. The number of hydrogen-bond acceptors (Lipinski definition) is 4. The lowest BCUT2D eigenvalue weighted by molar-refractivity contribution is 0.103. The Morgan fingerprint density at radius 2 is 1.61 bits per heavy atom. The first kappa shape index (κ1) is 16.2. The number of nitrogens with zero attached hydrogens (tertiary/aromatic N) is 2. The van der Waals surface area contributed by atoms with Crippen LogP contribution in [0.3, 0.4) is 0 Å². The number of benzene rings is 2. The maximum Gasteiger partial charge on any atom is 0.269 e. The molecule has 3 aromatic rings. The minimum absolute atomic E-state index is 0.330. The zero-order chi connectivity index (χ0) is 16.4. The number of carbonyl (C=O) groups is 1. The van der Waals surface area contributed by atoms with Gasteiger partial charge in [-0.05, 0) is 41.9 Å². The predicted octanol–water partition coefficient (Wildman–Crippen LogP) is 5.42. The molecule has 1 N–H and O–H groups in total. The Bertz CT molecular complexity index is 844. The predicted molar refractivity (Wildman–Crippen MR) is 94.8 cm³/mol. The molecule has 0 aliphatic heterocycles. The maximum absolute atomic E-state index is 12.5. The van der Waals surface area contributed by atoms with Crippen molar-refractivity contribution in [2.24, 2.45) is 0 Å². The van der Waals surface area contributed by atoms with E-state index in [2.05, 4.69) is 14.9 Å². The molecule has 0 aliphatic rings. The van der Waals surface area contributed by atoms with Gasteiger partial charge in [-0.3, -0.25) is 4.79 Å². The van der Waals surface area contributed by atoms with E-state index in [1.807, 2.05) is 0 Å². The van der Waals surface area contributed by atoms with Crippen LogP contribution in [0.1, 0.15) is 9.67 Å². The second-order valence-corrected chi connectivity index (χ2v) is 6.63. The van der Waals surface area contributed by atoms with Crippen molar-refractivity contribution in [2.75, 3.05) is 5.32 Å². The molecule has 0 saturated heterocycles. The van der Waals surface area contributed by atoms with E-state index < -0.39 is 0 Å². The van der Waals surface area contributed by atoms with Gasteiger partial charge < -0.3 is 5.32 Å². The van der Waals surface area contributed by atoms with E-state index >= 15 is 0 Å². The van der Waals surface area contributed by atoms with Crippen LogP contribution in [0.2, 0.25) is 15.1 Å². The molecule has 4 nitrogen and oxygen atoms in total. The van der Waals surface area contributed by atoms with Crippen LogP contribution in [0, 0.1) is 0 Å². The van der Waals surface area contributed by atoms with Crippen molar-refractivity contribution >= 4 is 57.9 Å². The fourth-order valence-electron chi connectivity index (χ4n) is 1.95. The van der Waals surface area contributed by atoms with E-state index in [4.69, 9.17) is 34.8 Å². The van der Waals surface area contributed by atoms with Gasteiger partial charge in [-0.15, -0.1) is 5.10 Å². The first-order valence-electron chi connectivity index (χ1n) is 6.38. The fourth-order valence-corrected chi connectivity index (χ4v) is 3.19. The van der Waals surface area contributed by atoms with E-state index in [0.29, 0.717) is 31.3 Å². The topological polar surface area (TPSA) is 54.9 Å². The molecule has 0 aliphatic carbocycles. The summed E-state index contributed by atoms with van der Waals surface area (Å²) in [6.45, 7) is 0. The third-order valence-corrected chi connectivity index (χ3v) is 4.35. The van der Waals surface area contributed by atoms with Gasteiger partial charge in [0.15, 0.2) is 0 Å². The lowest BCUT2D eigenvalue weighted by Gasteiger charge is -2.06. The van der Waals surface area contributed by atoms with Gasteiger partial charge in [0.25, 0.3) is 5.91 Å². The molecule has 3 rings (SSSR count). The Hall–Kier alpha value is -1.66. The van der Waals surface area contributed by atoms with Gasteiger partial charge in [0, 0.05) is 26.3 Å². The van der Waals surface area contributed by atoms with Crippen molar-refractivity contribution in [1.29, 1.82) is 0 Å². The number of halogens is 3. The number of nitrogens with one attached hydrogen (secondary N) is 1. The number of rotatable bonds is 3. The molecule has 1 aromatic heterocycles. The standard InChI is InChI=1S/C15H8Cl3N3OS/c16-9-3-1-8(2-4-9)13-14(23-21-20-13)15(22)19-12-6-10(17)5-11(18)7-12/h1-7H,(H,19,22). The molecule has 0 spiro atoms. The van der Waals surface area contributed by atoms with E-state index in [1.165, 1.54) is 0 Å². The molecule has 116 valence electrons.